The van der Waals surface area contributed by atoms with E-state index >= 15 is 4.79 Å². The number of rotatable bonds is 8. The number of carboxylic acid groups (broad SMARTS) is 1. The van der Waals surface area contributed by atoms with Crippen LogP contribution in [0.5, 0.6) is 0 Å². The first-order valence-corrected chi connectivity index (χ1v) is 18.1. The van der Waals surface area contributed by atoms with Crippen molar-refractivity contribution < 1.29 is 24.2 Å². The third-order valence-corrected chi connectivity index (χ3v) is 12.2. The third-order valence-electron chi connectivity index (χ3n) is 11.3. The number of aliphatic carboxylic acids is 1. The van der Waals surface area contributed by atoms with E-state index in [-0.39, 0.29) is 40.7 Å². The molecule has 2 N–H and O–H groups in total. The van der Waals surface area contributed by atoms with Crippen molar-refractivity contribution in [2.24, 2.45) is 22.7 Å². The Labute approximate surface area is 313 Å². The SMILES string of the molecule is CC(C)(C)C(C)(C)CN(C(=O)C1[C@H]2C[C@](C)(OCc3ccccc3)CN2[C@]2(C(=O)Nc3c(Cl)cc(Cl)cc32)[C@@H]1C(=O)O)c1cc(Cl)cc(Cl)c1. The smallest absolute Gasteiger partial charge is 0.310 e. The van der Waals surface area contributed by atoms with Crippen molar-refractivity contribution in [3.8, 4) is 0 Å². The first-order chi connectivity index (χ1) is 23.3. The van der Waals surface area contributed by atoms with E-state index in [1.54, 1.807) is 29.2 Å². The molecule has 5 atom stereocenters. The van der Waals surface area contributed by atoms with Gasteiger partial charge in [-0.1, -0.05) is 111 Å². The van der Waals surface area contributed by atoms with Crippen LogP contribution in [-0.2, 0) is 31.3 Å². The van der Waals surface area contributed by atoms with Crippen LogP contribution in [0.15, 0.2) is 60.7 Å². The van der Waals surface area contributed by atoms with Gasteiger partial charge in [0.05, 0.1) is 28.8 Å². The Hall–Kier alpha value is -2.85. The van der Waals surface area contributed by atoms with E-state index in [9.17, 15) is 14.7 Å². The average Bonchev–Trinajstić information content (AvgIpc) is 3.60. The minimum absolute atomic E-state index is 0.172. The van der Waals surface area contributed by atoms with Crippen molar-refractivity contribution in [3.05, 3.63) is 91.9 Å². The molecule has 0 aromatic heterocycles. The average molecular weight is 762 g/mol. The number of amides is 2. The fraction of sp³-hybridized carbons (Fsp3) is 0.447. The summed E-state index contributed by atoms with van der Waals surface area (Å²) in [5.74, 6) is -5.03. The van der Waals surface area contributed by atoms with Crippen molar-refractivity contribution in [1.82, 2.24) is 4.90 Å². The summed E-state index contributed by atoms with van der Waals surface area (Å²) >= 11 is 26.2. The lowest BCUT2D eigenvalue weighted by Crippen LogP contribution is -2.55. The molecule has 0 radical (unpaired) electrons. The largest absolute Gasteiger partial charge is 0.481 e. The Bertz CT molecular complexity index is 1840. The quantitative estimate of drug-likeness (QED) is 0.238. The van der Waals surface area contributed by atoms with Gasteiger partial charge in [0.2, 0.25) is 5.91 Å². The number of halogens is 4. The number of ether oxygens (including phenoxy) is 1. The van der Waals surface area contributed by atoms with Gasteiger partial charge in [0.1, 0.15) is 11.5 Å². The van der Waals surface area contributed by atoms with Crippen LogP contribution >= 0.6 is 46.4 Å². The number of carboxylic acids is 1. The molecule has 2 saturated heterocycles. The highest BCUT2D eigenvalue weighted by Gasteiger charge is 2.74. The molecular formula is C38H41Cl4N3O5. The second-order valence-corrected chi connectivity index (χ2v) is 17.4. The first kappa shape index (κ1) is 36.9. The maximum absolute atomic E-state index is 15.4. The summed E-state index contributed by atoms with van der Waals surface area (Å²) in [6.45, 7) is 13.0. The molecule has 266 valence electrons. The van der Waals surface area contributed by atoms with Crippen LogP contribution in [0.2, 0.25) is 20.1 Å². The number of carbonyl (C=O) groups excluding carboxylic acids is 2. The molecular weight excluding hydrogens is 720 g/mol. The van der Waals surface area contributed by atoms with E-state index in [1.807, 2.05) is 42.2 Å². The lowest BCUT2D eigenvalue weighted by Gasteiger charge is -2.43. The fourth-order valence-electron chi connectivity index (χ4n) is 7.77. The second-order valence-electron chi connectivity index (χ2n) is 15.7. The zero-order valence-electron chi connectivity index (χ0n) is 28.8. The standard InChI is InChI=1S/C38H41Cl4N3O5/c1-35(2,3)36(4,5)19-44(25-13-22(39)12-23(40)14-25)32(46)29-28-17-37(6,50-18-21-10-8-7-9-11-21)20-45(28)38(30(29)33(47)48)26-15-24(41)16-27(42)31(26)43-34(38)49/h7-16,28-30H,17-20H2,1-6H3,(H,43,49)(H,47,48)/t28-,29?,30+,37+,38+/m1/s1. The van der Waals surface area contributed by atoms with Crippen LogP contribution in [0.4, 0.5) is 11.4 Å². The van der Waals surface area contributed by atoms with Crippen LogP contribution in [0.25, 0.3) is 0 Å². The van der Waals surface area contributed by atoms with Gasteiger partial charge in [0.15, 0.2) is 0 Å². The van der Waals surface area contributed by atoms with E-state index in [0.717, 1.165) is 5.56 Å². The van der Waals surface area contributed by atoms with Crippen LogP contribution in [0.1, 0.15) is 59.1 Å². The Morgan fingerprint density at radius 3 is 2.20 bits per heavy atom. The molecule has 2 amide bonds. The van der Waals surface area contributed by atoms with Gasteiger partial charge in [0.25, 0.3) is 5.91 Å². The summed E-state index contributed by atoms with van der Waals surface area (Å²) in [6.07, 6.45) is 0.283. The highest BCUT2D eigenvalue weighted by molar-refractivity contribution is 6.38. The lowest BCUT2D eigenvalue weighted by atomic mass is 9.68. The highest BCUT2D eigenvalue weighted by atomic mass is 35.5. The molecule has 3 aromatic rings. The molecule has 2 fully saturated rings. The van der Waals surface area contributed by atoms with Gasteiger partial charge in [-0.15, -0.1) is 0 Å². The number of nitrogens with one attached hydrogen (secondary N) is 1. The summed E-state index contributed by atoms with van der Waals surface area (Å²) in [7, 11) is 0. The minimum Gasteiger partial charge on any atom is -0.481 e. The van der Waals surface area contributed by atoms with E-state index in [0.29, 0.717) is 27.9 Å². The number of hydrogen-bond donors (Lipinski definition) is 2. The van der Waals surface area contributed by atoms with E-state index in [4.69, 9.17) is 51.1 Å². The number of nitrogens with zero attached hydrogens (tertiary/aromatic N) is 2. The predicted octanol–water partition coefficient (Wildman–Crippen LogP) is 8.93. The van der Waals surface area contributed by atoms with E-state index in [1.165, 1.54) is 6.07 Å². The molecule has 3 aliphatic rings. The molecule has 1 unspecified atom stereocenters. The molecule has 3 aliphatic heterocycles. The van der Waals surface area contributed by atoms with Crippen molar-refractivity contribution in [2.75, 3.05) is 23.3 Å². The maximum atomic E-state index is 15.4. The summed E-state index contributed by atoms with van der Waals surface area (Å²) in [5, 5.41) is 15.1. The summed E-state index contributed by atoms with van der Waals surface area (Å²) < 4.78 is 6.58. The molecule has 8 nitrogen and oxygen atoms in total. The Balaban J connectivity index is 1.54. The number of anilines is 2. The van der Waals surface area contributed by atoms with Crippen molar-refractivity contribution in [3.63, 3.8) is 0 Å². The second kappa shape index (κ2) is 13.0. The zero-order valence-corrected chi connectivity index (χ0v) is 31.8. The van der Waals surface area contributed by atoms with Gasteiger partial charge in [-0.25, -0.2) is 0 Å². The molecule has 3 aromatic carbocycles. The summed E-state index contributed by atoms with van der Waals surface area (Å²) in [4.78, 5) is 47.1. The Morgan fingerprint density at radius 2 is 1.60 bits per heavy atom. The van der Waals surface area contributed by atoms with Gasteiger partial charge in [0, 0.05) is 45.5 Å². The summed E-state index contributed by atoms with van der Waals surface area (Å²) in [6, 6.07) is 17.0. The monoisotopic (exact) mass is 759 g/mol. The molecule has 12 heteroatoms. The van der Waals surface area contributed by atoms with Crippen molar-refractivity contribution >= 4 is 75.6 Å². The van der Waals surface area contributed by atoms with Crippen molar-refractivity contribution in [1.29, 1.82) is 0 Å². The molecule has 6 rings (SSSR count). The third kappa shape index (κ3) is 6.20. The van der Waals surface area contributed by atoms with Crippen LogP contribution in [0, 0.1) is 22.7 Å². The van der Waals surface area contributed by atoms with Gasteiger partial charge >= 0.3 is 5.97 Å². The van der Waals surface area contributed by atoms with Crippen molar-refractivity contribution in [2.45, 2.75) is 71.8 Å². The summed E-state index contributed by atoms with van der Waals surface area (Å²) in [5.41, 5.74) is -1.39. The molecule has 1 spiro atoms. The van der Waals surface area contributed by atoms with Crippen LogP contribution in [-0.4, -0.2) is 52.5 Å². The molecule has 3 heterocycles. The molecule has 0 saturated carbocycles. The van der Waals surface area contributed by atoms with Gasteiger partial charge in [-0.2, -0.15) is 0 Å². The fourth-order valence-corrected chi connectivity index (χ4v) is 8.82. The highest BCUT2D eigenvalue weighted by Crippen LogP contribution is 2.61. The first-order valence-electron chi connectivity index (χ1n) is 16.5. The minimum atomic E-state index is -1.81. The molecule has 50 heavy (non-hydrogen) atoms. The number of benzene rings is 3. The van der Waals surface area contributed by atoms with Crippen LogP contribution in [0.3, 0.4) is 0 Å². The van der Waals surface area contributed by atoms with Gasteiger partial charge in [-0.05, 0) is 60.1 Å². The molecule has 0 bridgehead atoms. The zero-order chi connectivity index (χ0) is 36.6. The Kier molecular flexibility index (Phi) is 9.58. The van der Waals surface area contributed by atoms with Crippen LogP contribution < -0.4 is 10.2 Å². The van der Waals surface area contributed by atoms with Gasteiger partial charge < -0.3 is 20.1 Å². The maximum Gasteiger partial charge on any atom is 0.310 e. The predicted molar refractivity (Wildman–Crippen MR) is 198 cm³/mol. The number of carbonyl (C=O) groups is 3. The number of hydrogen-bond acceptors (Lipinski definition) is 5. The van der Waals surface area contributed by atoms with Gasteiger partial charge in [-0.3, -0.25) is 19.3 Å². The topological polar surface area (TPSA) is 99.2 Å². The van der Waals surface area contributed by atoms with E-state index in [2.05, 4.69) is 39.9 Å². The Morgan fingerprint density at radius 1 is 0.980 bits per heavy atom. The lowest BCUT2D eigenvalue weighted by molar-refractivity contribution is -0.153. The van der Waals surface area contributed by atoms with E-state index < -0.39 is 52.2 Å². The molecule has 0 aliphatic carbocycles. The normalized spacial score (nSPS) is 26.2. The number of fused-ring (bicyclic) bond motifs is 4.